The van der Waals surface area contributed by atoms with Gasteiger partial charge in [0.2, 0.25) is 47.3 Å². The topological polar surface area (TPSA) is 318 Å². The molecule has 20 heteroatoms. The van der Waals surface area contributed by atoms with Gasteiger partial charge >= 0.3 is 5.97 Å². The number of nitrogens with one attached hydrogen (secondary N) is 6. The normalized spacial score (nSPS) is 16.8. The van der Waals surface area contributed by atoms with Crippen molar-refractivity contribution in [3.05, 3.63) is 18.2 Å². The summed E-state index contributed by atoms with van der Waals surface area (Å²) in [6.07, 6.45) is 2.27. The van der Waals surface area contributed by atoms with Crippen LogP contribution < -0.4 is 38.1 Å². The maximum atomic E-state index is 13.9. The van der Waals surface area contributed by atoms with Crippen LogP contribution in [-0.2, 0) is 49.6 Å². The van der Waals surface area contributed by atoms with Gasteiger partial charge in [0.05, 0.1) is 12.7 Å². The van der Waals surface area contributed by atoms with Gasteiger partial charge in [-0.05, 0) is 37.5 Å². The molecule has 1 aromatic heterocycles. The van der Waals surface area contributed by atoms with E-state index >= 15 is 0 Å². The van der Waals surface area contributed by atoms with E-state index in [-0.39, 0.29) is 37.5 Å². The summed E-state index contributed by atoms with van der Waals surface area (Å²) in [6.45, 7) is 8.67. The van der Waals surface area contributed by atoms with E-state index in [9.17, 15) is 48.3 Å². The average molecular weight is 749 g/mol. The summed E-state index contributed by atoms with van der Waals surface area (Å²) in [5.41, 5.74) is 10.9. The first-order chi connectivity index (χ1) is 24.8. The van der Waals surface area contributed by atoms with Crippen molar-refractivity contribution in [1.82, 2.24) is 41.5 Å². The molecule has 0 aromatic carbocycles. The first-order valence-corrected chi connectivity index (χ1v) is 17.4. The van der Waals surface area contributed by atoms with Crippen molar-refractivity contribution in [3.63, 3.8) is 0 Å². The standard InChI is InChI=1S/C33H52N10O10/c1-16(2)11-21(29(49)40-23(13-26(46)47)31(51)38-20(28(35)48)8-9-25(34)45)39-30(50)22(12-19-14-36-15-37-19)41-33(53)27(17(3)4)42-32(52)24-7-6-10-43(24)18(5)44/h14-17,20-24,27H,6-13H2,1-5H3,(H2,34,45)(H2,35,48)(H,36,37)(H,38,51)(H,39,50)(H,40,49)(H,41,53)(H,42,52)(H,46,47)/t20-,21-,22-,23-,24-,27-/m0/s1. The van der Waals surface area contributed by atoms with Crippen LogP contribution in [0.1, 0.15) is 78.8 Å². The maximum Gasteiger partial charge on any atom is 0.305 e. The van der Waals surface area contributed by atoms with Gasteiger partial charge in [-0.1, -0.05) is 27.7 Å². The third-order valence-corrected chi connectivity index (χ3v) is 8.51. The van der Waals surface area contributed by atoms with Crippen LogP contribution >= 0.6 is 0 Å². The van der Waals surface area contributed by atoms with E-state index in [2.05, 4.69) is 36.6 Å². The first-order valence-electron chi connectivity index (χ1n) is 17.4. The molecule has 11 N–H and O–H groups in total. The minimum absolute atomic E-state index is 0.0188. The molecule has 0 bridgehead atoms. The van der Waals surface area contributed by atoms with Gasteiger partial charge in [0.1, 0.15) is 36.3 Å². The molecule has 1 fully saturated rings. The highest BCUT2D eigenvalue weighted by atomic mass is 16.4. The van der Waals surface area contributed by atoms with Crippen LogP contribution in [0.3, 0.4) is 0 Å². The number of hydrogen-bond acceptors (Lipinski definition) is 10. The highest BCUT2D eigenvalue weighted by Crippen LogP contribution is 2.18. The Balaban J connectivity index is 2.30. The number of carbonyl (C=O) groups excluding carboxylic acids is 8. The zero-order valence-corrected chi connectivity index (χ0v) is 30.6. The molecular weight excluding hydrogens is 696 g/mol. The second-order valence-electron chi connectivity index (χ2n) is 13.8. The molecule has 53 heavy (non-hydrogen) atoms. The average Bonchev–Trinajstić information content (AvgIpc) is 3.76. The quantitative estimate of drug-likeness (QED) is 0.0624. The fourth-order valence-corrected chi connectivity index (χ4v) is 5.76. The van der Waals surface area contributed by atoms with Crippen molar-refractivity contribution in [1.29, 1.82) is 0 Å². The number of likely N-dealkylation sites (tertiary alicyclic amines) is 1. The number of H-pyrrole nitrogens is 1. The second kappa shape index (κ2) is 20.5. The SMILES string of the molecule is CC(=O)N1CCC[C@H]1C(=O)N[C@H](C(=O)N[C@@H](Cc1cnc[nH]1)C(=O)N[C@@H](CC(C)C)C(=O)N[C@@H](CC(=O)O)C(=O)N[C@@H](CCC(N)=O)C(N)=O)C(C)C. The Morgan fingerprint density at radius 1 is 0.868 bits per heavy atom. The van der Waals surface area contributed by atoms with Crippen LogP contribution in [-0.4, -0.2) is 116 Å². The molecule has 1 aliphatic heterocycles. The number of primary amides is 2. The summed E-state index contributed by atoms with van der Waals surface area (Å²) in [7, 11) is 0. The van der Waals surface area contributed by atoms with E-state index < -0.39 is 95.9 Å². The molecule has 2 heterocycles. The molecule has 0 saturated carbocycles. The first kappa shape index (κ1) is 43.6. The smallest absolute Gasteiger partial charge is 0.305 e. The van der Waals surface area contributed by atoms with Gasteiger partial charge in [-0.2, -0.15) is 0 Å². The Kier molecular flexibility index (Phi) is 16.8. The van der Waals surface area contributed by atoms with Crippen molar-refractivity contribution in [2.45, 2.75) is 116 Å². The van der Waals surface area contributed by atoms with Gasteiger partial charge in [-0.25, -0.2) is 4.98 Å². The van der Waals surface area contributed by atoms with Gasteiger partial charge in [0.25, 0.3) is 0 Å². The number of amides is 8. The number of carboxylic acids is 1. The number of nitrogens with two attached hydrogens (primary N) is 2. The number of hydrogen-bond donors (Lipinski definition) is 9. The summed E-state index contributed by atoms with van der Waals surface area (Å²) < 4.78 is 0. The van der Waals surface area contributed by atoms with Gasteiger partial charge in [0.15, 0.2) is 0 Å². The van der Waals surface area contributed by atoms with Crippen molar-refractivity contribution >= 4 is 53.2 Å². The summed E-state index contributed by atoms with van der Waals surface area (Å²) >= 11 is 0. The Hall–Kier alpha value is -5.56. The fraction of sp³-hybridized carbons (Fsp3) is 0.636. The van der Waals surface area contributed by atoms with Crippen molar-refractivity contribution in [2.75, 3.05) is 6.54 Å². The van der Waals surface area contributed by atoms with Crippen LogP contribution in [0.4, 0.5) is 0 Å². The summed E-state index contributed by atoms with van der Waals surface area (Å²) in [5.74, 6) is -8.25. The third kappa shape index (κ3) is 14.2. The minimum atomic E-state index is -1.73. The number of imidazole rings is 1. The lowest BCUT2D eigenvalue weighted by Crippen LogP contribution is -2.60. The van der Waals surface area contributed by atoms with Gasteiger partial charge in [-0.3, -0.25) is 43.2 Å². The number of aromatic nitrogens is 2. The second-order valence-corrected chi connectivity index (χ2v) is 13.8. The molecule has 294 valence electrons. The monoisotopic (exact) mass is 748 g/mol. The largest absolute Gasteiger partial charge is 0.481 e. The van der Waals surface area contributed by atoms with E-state index in [4.69, 9.17) is 11.5 Å². The predicted octanol–water partition coefficient (Wildman–Crippen LogP) is -2.69. The Morgan fingerprint density at radius 2 is 1.45 bits per heavy atom. The van der Waals surface area contributed by atoms with E-state index in [0.29, 0.717) is 25.1 Å². The highest BCUT2D eigenvalue weighted by Gasteiger charge is 2.37. The molecule has 0 aliphatic carbocycles. The fourth-order valence-electron chi connectivity index (χ4n) is 5.76. The molecule has 2 rings (SSSR count). The molecular formula is C33H52N10O10. The van der Waals surface area contributed by atoms with Crippen LogP contribution in [0.2, 0.25) is 0 Å². The molecule has 0 spiro atoms. The Morgan fingerprint density at radius 3 is 1.98 bits per heavy atom. The summed E-state index contributed by atoms with van der Waals surface area (Å²) in [6, 6.07) is -7.63. The molecule has 0 unspecified atom stereocenters. The molecule has 8 amide bonds. The van der Waals surface area contributed by atoms with E-state index in [0.717, 1.165) is 0 Å². The summed E-state index contributed by atoms with van der Waals surface area (Å²) in [5, 5.41) is 22.0. The lowest BCUT2D eigenvalue weighted by molar-refractivity contribution is -0.141. The zero-order valence-electron chi connectivity index (χ0n) is 30.6. The number of rotatable bonds is 21. The van der Waals surface area contributed by atoms with Crippen LogP contribution in [0.25, 0.3) is 0 Å². The van der Waals surface area contributed by atoms with Gasteiger partial charge in [-0.15, -0.1) is 0 Å². The minimum Gasteiger partial charge on any atom is -0.481 e. The molecule has 6 atom stereocenters. The molecule has 1 aromatic rings. The number of carbonyl (C=O) groups is 9. The number of aliphatic carboxylic acids is 1. The zero-order chi connectivity index (χ0) is 40.0. The number of aromatic amines is 1. The van der Waals surface area contributed by atoms with E-state index in [1.165, 1.54) is 24.3 Å². The number of carboxylic acid groups (broad SMARTS) is 1. The van der Waals surface area contributed by atoms with Crippen LogP contribution in [0, 0.1) is 11.8 Å². The third-order valence-electron chi connectivity index (χ3n) is 8.51. The lowest BCUT2D eigenvalue weighted by atomic mass is 10.00. The predicted molar refractivity (Wildman–Crippen MR) is 187 cm³/mol. The number of nitrogens with zero attached hydrogens (tertiary/aromatic N) is 2. The maximum absolute atomic E-state index is 13.9. The Labute approximate surface area is 306 Å². The summed E-state index contributed by atoms with van der Waals surface area (Å²) in [4.78, 5) is 122. The molecule has 1 aliphatic rings. The van der Waals surface area contributed by atoms with Gasteiger partial charge < -0.3 is 53.0 Å². The molecule has 1 saturated heterocycles. The van der Waals surface area contributed by atoms with Crippen molar-refractivity contribution < 1.29 is 48.3 Å². The van der Waals surface area contributed by atoms with E-state index in [1.807, 2.05) is 0 Å². The van der Waals surface area contributed by atoms with Crippen LogP contribution in [0.5, 0.6) is 0 Å². The lowest BCUT2D eigenvalue weighted by Gasteiger charge is -2.29. The van der Waals surface area contributed by atoms with Crippen LogP contribution in [0.15, 0.2) is 12.5 Å². The van der Waals surface area contributed by atoms with Crippen molar-refractivity contribution in [2.24, 2.45) is 23.3 Å². The Bertz CT molecular complexity index is 1500. The highest BCUT2D eigenvalue weighted by molar-refractivity contribution is 5.98. The molecule has 20 nitrogen and oxygen atoms in total. The van der Waals surface area contributed by atoms with E-state index in [1.54, 1.807) is 27.7 Å². The van der Waals surface area contributed by atoms with Crippen molar-refractivity contribution in [3.8, 4) is 0 Å². The van der Waals surface area contributed by atoms with Gasteiger partial charge in [0, 0.05) is 38.2 Å². The molecule has 0 radical (unpaired) electrons.